The molecule has 1 aliphatic heterocycles. The first-order valence-corrected chi connectivity index (χ1v) is 14.9. The van der Waals surface area contributed by atoms with Crippen LogP contribution in [0.15, 0.2) is 66.7 Å². The maximum absolute atomic E-state index is 13.5. The zero-order chi connectivity index (χ0) is 32.3. The highest BCUT2D eigenvalue weighted by Crippen LogP contribution is 2.37. The number of hydrogen-bond donors (Lipinski definition) is 3. The summed E-state index contributed by atoms with van der Waals surface area (Å²) in [7, 11) is 3.02. The molecule has 0 aliphatic carbocycles. The monoisotopic (exact) mass is 616 g/mol. The number of rotatable bonds is 4. The molecule has 0 aromatic heterocycles. The lowest BCUT2D eigenvalue weighted by Gasteiger charge is -2.26. The van der Waals surface area contributed by atoms with Gasteiger partial charge in [0.15, 0.2) is 11.5 Å². The van der Waals surface area contributed by atoms with Crippen LogP contribution in [-0.4, -0.2) is 68.4 Å². The second-order valence-corrected chi connectivity index (χ2v) is 11.0. The van der Waals surface area contributed by atoms with Gasteiger partial charge < -0.3 is 35.1 Å². The standard InChI is InChI=1S/C34H40N4O7/c1-22(2)31-33(41)36-20-25-26(43-3)13-10-14-27(25)45-29-19-24(15-16-28(29)44-4)32(40)35-17-8-9-18-38(21-30(39)37-31)34(42)23-11-6-5-7-12-23/h5-7,10-16,19,22,31H,8-9,17-18,20-21H2,1-4H3,(H,35,40)(H,36,41)(H,37,39)/t31-/m1/s1. The van der Waals surface area contributed by atoms with E-state index in [0.29, 0.717) is 59.1 Å². The molecule has 0 saturated heterocycles. The highest BCUT2D eigenvalue weighted by atomic mass is 16.5. The Bertz CT molecular complexity index is 1510. The molecule has 3 aromatic rings. The van der Waals surface area contributed by atoms with E-state index in [1.54, 1.807) is 60.7 Å². The summed E-state index contributed by atoms with van der Waals surface area (Å²) in [5.74, 6) is -0.106. The first-order chi connectivity index (χ1) is 21.7. The largest absolute Gasteiger partial charge is 0.496 e. The van der Waals surface area contributed by atoms with E-state index in [-0.39, 0.29) is 37.4 Å². The third kappa shape index (κ3) is 8.53. The Morgan fingerprint density at radius 3 is 2.36 bits per heavy atom. The number of amides is 4. The van der Waals surface area contributed by atoms with Crippen LogP contribution in [-0.2, 0) is 16.1 Å². The van der Waals surface area contributed by atoms with E-state index in [0.717, 1.165) is 0 Å². The molecular formula is C34H40N4O7. The molecule has 45 heavy (non-hydrogen) atoms. The normalized spacial score (nSPS) is 16.8. The first-order valence-electron chi connectivity index (χ1n) is 14.9. The lowest BCUT2D eigenvalue weighted by molar-refractivity contribution is -0.130. The Labute approximate surface area is 263 Å². The van der Waals surface area contributed by atoms with Gasteiger partial charge in [0.25, 0.3) is 11.8 Å². The molecule has 0 spiro atoms. The van der Waals surface area contributed by atoms with Crippen molar-refractivity contribution in [1.82, 2.24) is 20.9 Å². The lowest BCUT2D eigenvalue weighted by atomic mass is 10.0. The van der Waals surface area contributed by atoms with Gasteiger partial charge in [-0.2, -0.15) is 0 Å². The SMILES string of the molecule is COc1ccc2cc1Oc1cccc(OC)c1CNC(=O)[C@@H](C(C)C)NC(=O)CN(C(=O)c1ccccc1)CCCCNC2=O. The maximum atomic E-state index is 13.5. The molecule has 4 rings (SSSR count). The third-order valence-corrected chi connectivity index (χ3v) is 7.44. The predicted molar refractivity (Wildman–Crippen MR) is 169 cm³/mol. The summed E-state index contributed by atoms with van der Waals surface area (Å²) in [5, 5.41) is 8.63. The number of methoxy groups -OCH3 is 2. The van der Waals surface area contributed by atoms with Crippen molar-refractivity contribution in [3.63, 3.8) is 0 Å². The summed E-state index contributed by atoms with van der Waals surface area (Å²) >= 11 is 0. The van der Waals surface area contributed by atoms with Crippen molar-refractivity contribution in [3.05, 3.63) is 83.4 Å². The van der Waals surface area contributed by atoms with Crippen molar-refractivity contribution >= 4 is 23.6 Å². The van der Waals surface area contributed by atoms with Gasteiger partial charge in [0.2, 0.25) is 11.8 Å². The van der Waals surface area contributed by atoms with Crippen molar-refractivity contribution in [1.29, 1.82) is 0 Å². The van der Waals surface area contributed by atoms with Gasteiger partial charge in [-0.15, -0.1) is 0 Å². The molecule has 0 unspecified atom stereocenters. The molecule has 11 heteroatoms. The van der Waals surface area contributed by atoms with E-state index in [4.69, 9.17) is 14.2 Å². The molecule has 0 radical (unpaired) electrons. The van der Waals surface area contributed by atoms with E-state index in [9.17, 15) is 19.2 Å². The summed E-state index contributed by atoms with van der Waals surface area (Å²) in [5.41, 5.74) is 1.37. The Morgan fingerprint density at radius 1 is 0.889 bits per heavy atom. The maximum Gasteiger partial charge on any atom is 0.254 e. The van der Waals surface area contributed by atoms with Crippen LogP contribution >= 0.6 is 0 Å². The van der Waals surface area contributed by atoms with E-state index in [2.05, 4.69) is 16.0 Å². The molecule has 0 fully saturated rings. The van der Waals surface area contributed by atoms with Gasteiger partial charge in [-0.05, 0) is 61.2 Å². The van der Waals surface area contributed by atoms with Crippen LogP contribution < -0.4 is 30.2 Å². The van der Waals surface area contributed by atoms with E-state index < -0.39 is 17.9 Å². The fourth-order valence-electron chi connectivity index (χ4n) is 4.98. The second kappa shape index (κ2) is 15.6. The minimum Gasteiger partial charge on any atom is -0.496 e. The van der Waals surface area contributed by atoms with E-state index >= 15 is 0 Å². The molecule has 3 N–H and O–H groups in total. The highest BCUT2D eigenvalue weighted by Gasteiger charge is 2.27. The van der Waals surface area contributed by atoms with Crippen LogP contribution in [0.1, 0.15) is 53.0 Å². The summed E-state index contributed by atoms with van der Waals surface area (Å²) in [6, 6.07) is 18.0. The predicted octanol–water partition coefficient (Wildman–Crippen LogP) is 3.92. The van der Waals surface area contributed by atoms with Crippen LogP contribution in [0.25, 0.3) is 0 Å². The average Bonchev–Trinajstić information content (AvgIpc) is 3.05. The number of carbonyl (C=O) groups excluding carboxylic acids is 4. The molecule has 4 amide bonds. The minimum atomic E-state index is -0.858. The number of nitrogens with zero attached hydrogens (tertiary/aromatic N) is 1. The van der Waals surface area contributed by atoms with Crippen LogP contribution in [0.2, 0.25) is 0 Å². The molecule has 2 bridgehead atoms. The first kappa shape index (κ1) is 32.8. The summed E-state index contributed by atoms with van der Waals surface area (Å²) < 4.78 is 17.3. The fraction of sp³-hybridized carbons (Fsp3) is 0.353. The van der Waals surface area contributed by atoms with E-state index in [1.165, 1.54) is 19.1 Å². The van der Waals surface area contributed by atoms with Crippen molar-refractivity contribution in [3.8, 4) is 23.0 Å². The number of ether oxygens (including phenoxy) is 3. The molecule has 3 aromatic carbocycles. The molecule has 1 aliphatic rings. The van der Waals surface area contributed by atoms with Gasteiger partial charge in [0, 0.05) is 24.2 Å². The lowest BCUT2D eigenvalue weighted by Crippen LogP contribution is -2.52. The average molecular weight is 617 g/mol. The number of fused-ring (bicyclic) bond motifs is 3. The molecular weight excluding hydrogens is 576 g/mol. The van der Waals surface area contributed by atoms with Crippen LogP contribution in [0.3, 0.4) is 0 Å². The third-order valence-electron chi connectivity index (χ3n) is 7.44. The molecule has 1 heterocycles. The van der Waals surface area contributed by atoms with Gasteiger partial charge in [0.05, 0.1) is 32.9 Å². The summed E-state index contributed by atoms with van der Waals surface area (Å²) in [4.78, 5) is 54.6. The number of carbonyl (C=O) groups is 4. The van der Waals surface area contributed by atoms with Gasteiger partial charge in [0.1, 0.15) is 17.5 Å². The number of nitrogens with one attached hydrogen (secondary N) is 3. The zero-order valence-corrected chi connectivity index (χ0v) is 26.1. The van der Waals surface area contributed by atoms with Gasteiger partial charge in [-0.3, -0.25) is 19.2 Å². The van der Waals surface area contributed by atoms with Crippen molar-refractivity contribution < 1.29 is 33.4 Å². The molecule has 0 saturated carbocycles. The van der Waals surface area contributed by atoms with Crippen LogP contribution in [0.5, 0.6) is 23.0 Å². The van der Waals surface area contributed by atoms with Gasteiger partial charge >= 0.3 is 0 Å². The van der Waals surface area contributed by atoms with Crippen LogP contribution in [0.4, 0.5) is 0 Å². The Morgan fingerprint density at radius 2 is 1.64 bits per heavy atom. The number of benzene rings is 3. The highest BCUT2D eigenvalue weighted by molar-refractivity contribution is 5.97. The van der Waals surface area contributed by atoms with E-state index in [1.807, 2.05) is 19.9 Å². The molecule has 11 nitrogen and oxygen atoms in total. The zero-order valence-electron chi connectivity index (χ0n) is 26.1. The summed E-state index contributed by atoms with van der Waals surface area (Å²) in [6.45, 7) is 4.11. The molecule has 1 atom stereocenters. The van der Waals surface area contributed by atoms with Gasteiger partial charge in [-0.25, -0.2) is 0 Å². The Kier molecular flexibility index (Phi) is 11.4. The molecule has 238 valence electrons. The fourth-order valence-corrected chi connectivity index (χ4v) is 4.98. The summed E-state index contributed by atoms with van der Waals surface area (Å²) in [6.07, 6.45) is 1.10. The quantitative estimate of drug-likeness (QED) is 0.405. The second-order valence-electron chi connectivity index (χ2n) is 11.0. The minimum absolute atomic E-state index is 0.0262. The Balaban J connectivity index is 1.67. The van der Waals surface area contributed by atoms with Crippen LogP contribution in [0, 0.1) is 5.92 Å². The van der Waals surface area contributed by atoms with Crippen molar-refractivity contribution in [2.45, 2.75) is 39.3 Å². The van der Waals surface area contributed by atoms with Gasteiger partial charge in [-0.1, -0.05) is 38.1 Å². The van der Waals surface area contributed by atoms with Crippen molar-refractivity contribution in [2.75, 3.05) is 33.9 Å². The Hall–Kier alpha value is -5.06. The number of hydrogen-bond acceptors (Lipinski definition) is 7. The topological polar surface area (TPSA) is 135 Å². The smallest absolute Gasteiger partial charge is 0.254 e. The van der Waals surface area contributed by atoms with Crippen molar-refractivity contribution in [2.24, 2.45) is 5.92 Å².